The maximum absolute atomic E-state index is 12.6. The number of amides is 2. The van der Waals surface area contributed by atoms with Gasteiger partial charge in [0.15, 0.2) is 11.5 Å². The summed E-state index contributed by atoms with van der Waals surface area (Å²) in [5.41, 5.74) is 1.000. The Morgan fingerprint density at radius 2 is 1.96 bits per heavy atom. The fourth-order valence-electron chi connectivity index (χ4n) is 2.53. The Balaban J connectivity index is 1.82. The van der Waals surface area contributed by atoms with Gasteiger partial charge < -0.3 is 9.84 Å². The molecule has 1 fully saturated rings. The summed E-state index contributed by atoms with van der Waals surface area (Å²) in [5.74, 6) is -0.562. The first kappa shape index (κ1) is 19.7. The van der Waals surface area contributed by atoms with E-state index in [0.717, 1.165) is 16.7 Å². The van der Waals surface area contributed by atoms with Crippen molar-refractivity contribution in [1.29, 1.82) is 0 Å². The summed E-state index contributed by atoms with van der Waals surface area (Å²) in [5, 5.41) is 20.1. The molecule has 1 saturated heterocycles. The lowest BCUT2D eigenvalue weighted by molar-refractivity contribution is -0.384. The van der Waals surface area contributed by atoms with E-state index in [1.54, 1.807) is 0 Å². The summed E-state index contributed by atoms with van der Waals surface area (Å²) < 4.78 is 5.02. The molecule has 0 spiro atoms. The zero-order chi connectivity index (χ0) is 20.4. The number of nitro benzene ring substituents is 1. The van der Waals surface area contributed by atoms with Crippen molar-refractivity contribution in [2.75, 3.05) is 7.11 Å². The maximum atomic E-state index is 12.6. The van der Waals surface area contributed by atoms with Gasteiger partial charge in [0.05, 0.1) is 28.5 Å². The number of aromatic hydroxyl groups is 1. The third-order valence-electron chi connectivity index (χ3n) is 3.93. The van der Waals surface area contributed by atoms with Gasteiger partial charge >= 0.3 is 0 Å². The quantitative estimate of drug-likeness (QED) is 0.438. The average Bonchev–Trinajstić information content (AvgIpc) is 2.92. The molecular formula is C18H13ClN2O6S. The van der Waals surface area contributed by atoms with Crippen molar-refractivity contribution in [1.82, 2.24) is 4.90 Å². The van der Waals surface area contributed by atoms with Crippen LogP contribution >= 0.6 is 23.4 Å². The summed E-state index contributed by atoms with van der Waals surface area (Å²) in [7, 11) is 1.37. The number of carbonyl (C=O) groups is 2. The topological polar surface area (TPSA) is 110 Å². The van der Waals surface area contributed by atoms with Crippen molar-refractivity contribution < 1.29 is 24.4 Å². The number of hydrogen-bond acceptors (Lipinski definition) is 7. The van der Waals surface area contributed by atoms with Gasteiger partial charge in [-0.05, 0) is 41.1 Å². The molecule has 0 bridgehead atoms. The number of imide groups is 1. The van der Waals surface area contributed by atoms with Gasteiger partial charge in [-0.1, -0.05) is 23.7 Å². The Hall–Kier alpha value is -3.04. The number of hydrogen-bond donors (Lipinski definition) is 1. The van der Waals surface area contributed by atoms with E-state index in [4.69, 9.17) is 16.3 Å². The van der Waals surface area contributed by atoms with Crippen LogP contribution < -0.4 is 4.74 Å². The molecule has 0 radical (unpaired) electrons. The van der Waals surface area contributed by atoms with Crippen LogP contribution in [0.15, 0.2) is 41.3 Å². The first-order chi connectivity index (χ1) is 13.3. The van der Waals surface area contributed by atoms with E-state index < -0.39 is 16.1 Å². The lowest BCUT2D eigenvalue weighted by atomic mass is 10.1. The molecule has 2 aromatic carbocycles. The molecule has 1 N–H and O–H groups in total. The van der Waals surface area contributed by atoms with Gasteiger partial charge in [-0.2, -0.15) is 0 Å². The molecule has 1 heterocycles. The van der Waals surface area contributed by atoms with Crippen LogP contribution in [0.1, 0.15) is 11.1 Å². The van der Waals surface area contributed by atoms with E-state index in [2.05, 4.69) is 0 Å². The molecule has 144 valence electrons. The molecular weight excluding hydrogens is 408 g/mol. The monoisotopic (exact) mass is 420 g/mol. The highest BCUT2D eigenvalue weighted by Crippen LogP contribution is 2.38. The molecule has 28 heavy (non-hydrogen) atoms. The Kier molecular flexibility index (Phi) is 5.57. The number of phenolic OH excluding ortho intramolecular Hbond substituents is 1. The Morgan fingerprint density at radius 3 is 2.57 bits per heavy atom. The SMILES string of the molecule is COc1cc(/C=C2\SC(=O)N(Cc3ccc([N+](=O)[O-])cc3)C2=O)cc(Cl)c1O. The summed E-state index contributed by atoms with van der Waals surface area (Å²) >= 11 is 6.71. The predicted octanol–water partition coefficient (Wildman–Crippen LogP) is 4.20. The van der Waals surface area contributed by atoms with Crippen LogP contribution in [-0.4, -0.2) is 33.2 Å². The second kappa shape index (κ2) is 7.91. The van der Waals surface area contributed by atoms with Gasteiger partial charge in [0.1, 0.15) is 0 Å². The van der Waals surface area contributed by atoms with Gasteiger partial charge in [-0.3, -0.25) is 24.6 Å². The molecule has 3 rings (SSSR count). The lowest BCUT2D eigenvalue weighted by Crippen LogP contribution is -2.27. The van der Waals surface area contributed by atoms with Crippen LogP contribution in [0, 0.1) is 10.1 Å². The molecule has 0 atom stereocenters. The molecule has 0 unspecified atom stereocenters. The molecule has 1 aliphatic rings. The van der Waals surface area contributed by atoms with Gasteiger partial charge in [0.2, 0.25) is 0 Å². The van der Waals surface area contributed by atoms with Crippen LogP contribution in [0.2, 0.25) is 5.02 Å². The summed E-state index contributed by atoms with van der Waals surface area (Å²) in [6.45, 7) is -0.000341. The van der Waals surface area contributed by atoms with Crippen LogP contribution in [0.25, 0.3) is 6.08 Å². The minimum absolute atomic E-state index is 0.000341. The molecule has 8 nitrogen and oxygen atoms in total. The largest absolute Gasteiger partial charge is 0.503 e. The fraction of sp³-hybridized carbons (Fsp3) is 0.111. The summed E-state index contributed by atoms with van der Waals surface area (Å²) in [6.07, 6.45) is 1.48. The Bertz CT molecular complexity index is 1010. The van der Waals surface area contributed by atoms with Gasteiger partial charge in [0.25, 0.3) is 16.8 Å². The van der Waals surface area contributed by atoms with E-state index in [1.807, 2.05) is 0 Å². The van der Waals surface area contributed by atoms with E-state index >= 15 is 0 Å². The zero-order valence-electron chi connectivity index (χ0n) is 14.4. The van der Waals surface area contributed by atoms with E-state index in [1.165, 1.54) is 49.6 Å². The molecule has 1 aliphatic heterocycles. The van der Waals surface area contributed by atoms with Crippen LogP contribution in [0.3, 0.4) is 0 Å². The first-order valence-corrected chi connectivity index (χ1v) is 9.05. The number of non-ortho nitro benzene ring substituents is 1. The molecule has 10 heteroatoms. The highest BCUT2D eigenvalue weighted by atomic mass is 35.5. The number of rotatable bonds is 5. The second-order valence-corrected chi connectivity index (χ2v) is 7.15. The minimum atomic E-state index is -0.524. The number of phenols is 1. The van der Waals surface area contributed by atoms with Crippen molar-refractivity contribution in [3.63, 3.8) is 0 Å². The van der Waals surface area contributed by atoms with Crippen molar-refractivity contribution in [3.8, 4) is 11.5 Å². The number of methoxy groups -OCH3 is 1. The number of benzene rings is 2. The van der Waals surface area contributed by atoms with Crippen LogP contribution in [-0.2, 0) is 11.3 Å². The lowest BCUT2D eigenvalue weighted by Gasteiger charge is -2.12. The Morgan fingerprint density at radius 1 is 1.29 bits per heavy atom. The van der Waals surface area contributed by atoms with Crippen LogP contribution in [0.5, 0.6) is 11.5 Å². The number of nitrogens with zero attached hydrogens (tertiary/aromatic N) is 2. The number of halogens is 1. The van der Waals surface area contributed by atoms with Gasteiger partial charge in [-0.15, -0.1) is 0 Å². The Labute approximate surface area is 168 Å². The summed E-state index contributed by atoms with van der Waals surface area (Å²) in [4.78, 5) is 36.3. The smallest absolute Gasteiger partial charge is 0.293 e. The predicted molar refractivity (Wildman–Crippen MR) is 104 cm³/mol. The van der Waals surface area contributed by atoms with Gasteiger partial charge in [0, 0.05) is 12.1 Å². The maximum Gasteiger partial charge on any atom is 0.293 e. The fourth-order valence-corrected chi connectivity index (χ4v) is 3.58. The molecule has 0 saturated carbocycles. The van der Waals surface area contributed by atoms with Crippen LogP contribution in [0.4, 0.5) is 10.5 Å². The standard InChI is InChI=1S/C18H13ClN2O6S/c1-27-14-7-11(6-13(19)16(14)22)8-15-17(23)20(18(24)28-15)9-10-2-4-12(5-3-10)21(25)26/h2-8,22H,9H2,1H3/b15-8-. The zero-order valence-corrected chi connectivity index (χ0v) is 16.0. The molecule has 2 aromatic rings. The number of ether oxygens (including phenoxy) is 1. The average molecular weight is 421 g/mol. The first-order valence-electron chi connectivity index (χ1n) is 7.85. The van der Waals surface area contributed by atoms with Crippen molar-refractivity contribution in [2.24, 2.45) is 0 Å². The number of nitro groups is 1. The normalized spacial score (nSPS) is 15.4. The highest BCUT2D eigenvalue weighted by molar-refractivity contribution is 8.18. The van der Waals surface area contributed by atoms with E-state index in [0.29, 0.717) is 11.1 Å². The molecule has 2 amide bonds. The number of carbonyl (C=O) groups excluding carboxylic acids is 2. The third kappa shape index (κ3) is 3.95. The highest BCUT2D eigenvalue weighted by Gasteiger charge is 2.35. The number of thioether (sulfide) groups is 1. The van der Waals surface area contributed by atoms with E-state index in [-0.39, 0.29) is 33.7 Å². The van der Waals surface area contributed by atoms with E-state index in [9.17, 15) is 24.8 Å². The van der Waals surface area contributed by atoms with Crippen molar-refractivity contribution in [2.45, 2.75) is 6.54 Å². The molecule has 0 aliphatic carbocycles. The molecule has 0 aromatic heterocycles. The summed E-state index contributed by atoms with van der Waals surface area (Å²) in [6, 6.07) is 8.56. The van der Waals surface area contributed by atoms with Crippen molar-refractivity contribution in [3.05, 3.63) is 67.6 Å². The third-order valence-corrected chi connectivity index (χ3v) is 5.13. The van der Waals surface area contributed by atoms with Gasteiger partial charge in [-0.25, -0.2) is 0 Å². The minimum Gasteiger partial charge on any atom is -0.503 e. The second-order valence-electron chi connectivity index (χ2n) is 5.75. The van der Waals surface area contributed by atoms with Crippen molar-refractivity contribution >= 4 is 46.3 Å².